The van der Waals surface area contributed by atoms with E-state index in [2.05, 4.69) is 170 Å². The molecule has 0 unspecified atom stereocenters. The van der Waals surface area contributed by atoms with Gasteiger partial charge < -0.3 is 51.4 Å². The maximum atomic E-state index is 6.82. The summed E-state index contributed by atoms with van der Waals surface area (Å²) in [5.74, 6) is 2.81. The lowest BCUT2D eigenvalue weighted by Crippen LogP contribution is -2.14. The van der Waals surface area contributed by atoms with Gasteiger partial charge in [-0.1, -0.05) is 121 Å². The number of nitrogens with two attached hydrogens (primary N) is 4. The van der Waals surface area contributed by atoms with E-state index in [4.69, 9.17) is 51.4 Å². The van der Waals surface area contributed by atoms with E-state index in [-0.39, 0.29) is 26.4 Å². The van der Waals surface area contributed by atoms with Gasteiger partial charge in [0.25, 0.3) is 0 Å². The normalized spacial score (nSPS) is 13.5. The molecule has 0 aliphatic carbocycles. The molecule has 0 saturated carbocycles. The number of rotatable bonds is 4. The van der Waals surface area contributed by atoms with Crippen LogP contribution in [-0.4, -0.2) is 52.9 Å². The molecule has 0 atom stereocenters. The molecule has 404 valence electrons. The van der Waals surface area contributed by atoms with Gasteiger partial charge in [0.2, 0.25) is 0 Å². The van der Waals surface area contributed by atoms with Gasteiger partial charge in [-0.25, -0.2) is 0 Å². The first kappa shape index (κ1) is 51.4. The molecule has 1 heterocycles. The average molecular weight is 1080 g/mol. The van der Waals surface area contributed by atoms with Crippen LogP contribution in [0, 0.1) is 0 Å². The second kappa shape index (κ2) is 22.6. The van der Waals surface area contributed by atoms with Crippen molar-refractivity contribution in [3.63, 3.8) is 0 Å². The van der Waals surface area contributed by atoms with Gasteiger partial charge in [-0.2, -0.15) is 0 Å². The van der Waals surface area contributed by atoms with Crippen molar-refractivity contribution in [3.8, 4) is 89.8 Å². The molecule has 12 aromatic carbocycles. The second-order valence-corrected chi connectivity index (χ2v) is 20.6. The highest BCUT2D eigenvalue weighted by Gasteiger charge is 2.23. The number of hydrogen-bond donors (Lipinski definition) is 4. The summed E-state index contributed by atoms with van der Waals surface area (Å²) in [7, 11) is 0. The van der Waals surface area contributed by atoms with Gasteiger partial charge >= 0.3 is 0 Å². The van der Waals surface area contributed by atoms with Crippen molar-refractivity contribution in [2.75, 3.05) is 75.8 Å². The van der Waals surface area contributed by atoms with Crippen molar-refractivity contribution in [1.29, 1.82) is 0 Å². The van der Waals surface area contributed by atoms with Crippen LogP contribution in [0.15, 0.2) is 218 Å². The van der Waals surface area contributed by atoms with Gasteiger partial charge in [-0.05, 0) is 185 Å². The highest BCUT2D eigenvalue weighted by atomic mass is 16.6. The van der Waals surface area contributed by atoms with E-state index in [1.54, 1.807) is 0 Å². The van der Waals surface area contributed by atoms with E-state index in [1.165, 1.54) is 0 Å². The van der Waals surface area contributed by atoms with Crippen molar-refractivity contribution in [2.45, 2.75) is 0 Å². The third-order valence-corrected chi connectivity index (χ3v) is 15.3. The van der Waals surface area contributed by atoms with Crippen molar-refractivity contribution < 1.29 is 28.4 Å². The first-order valence-electron chi connectivity index (χ1n) is 27.7. The maximum Gasteiger partial charge on any atom is 0.128 e. The third-order valence-electron chi connectivity index (χ3n) is 15.3. The lowest BCUT2D eigenvalue weighted by molar-refractivity contribution is 0.0759. The molecule has 0 fully saturated rings. The molecular weight excluding hydrogens is 1020 g/mol. The van der Waals surface area contributed by atoms with E-state index < -0.39 is 0 Å². The number of anilines is 4. The van der Waals surface area contributed by atoms with Crippen molar-refractivity contribution in [1.82, 2.24) is 0 Å². The molecule has 1 aliphatic heterocycles. The summed E-state index contributed by atoms with van der Waals surface area (Å²) in [4.78, 5) is 0. The number of ether oxygens (including phenoxy) is 6. The Morgan fingerprint density at radius 1 is 0.207 bits per heavy atom. The Morgan fingerprint density at radius 3 is 0.634 bits per heavy atom. The summed E-state index contributed by atoms with van der Waals surface area (Å²) in [5, 5.41) is 8.23. The summed E-state index contributed by atoms with van der Waals surface area (Å²) in [6.07, 6.45) is 0. The minimum Gasteiger partial charge on any atom is -0.491 e. The average Bonchev–Trinajstić information content (AvgIpc) is 3.60. The molecule has 10 heteroatoms. The molecule has 8 N–H and O–H groups in total. The summed E-state index contributed by atoms with van der Waals surface area (Å²) in [6, 6.07) is 74.7. The standard InChI is InChI=1S/C72H60N4O6/c73-57-17-1-45(2-18-57)49-9-25-61-53(41-49)13-29-65-69(61)70-62-26-10-50(46-3-19-58(74)20-4-46)42-54(62)14-30-66(70)80-38-34-78-36-40-82-68-32-16-56-44-52(48-7-23-60(76)24-8-48)12-28-64(56)72(68)71-63-27-11-51(47-5-21-59(75)22-6-47)43-55(63)15-31-67(71)81-39-35-77-33-37-79-65/h1-32,41-44H,33-40,73-76H2. The Kier molecular flexibility index (Phi) is 14.2. The lowest BCUT2D eigenvalue weighted by atomic mass is 9.90. The van der Waals surface area contributed by atoms with Crippen LogP contribution < -0.4 is 41.9 Å². The third kappa shape index (κ3) is 10.5. The monoisotopic (exact) mass is 1080 g/mol. The number of hydrogen-bond acceptors (Lipinski definition) is 10. The number of nitrogen functional groups attached to an aromatic ring is 4. The Balaban J connectivity index is 0.873. The van der Waals surface area contributed by atoms with Crippen LogP contribution in [-0.2, 0) is 9.47 Å². The molecule has 0 amide bonds. The van der Waals surface area contributed by atoms with Gasteiger partial charge in [0.05, 0.1) is 26.4 Å². The van der Waals surface area contributed by atoms with Crippen LogP contribution in [0.5, 0.6) is 23.0 Å². The maximum absolute atomic E-state index is 6.82. The fourth-order valence-corrected chi connectivity index (χ4v) is 11.2. The molecule has 0 spiro atoms. The van der Waals surface area contributed by atoms with Crippen LogP contribution in [0.25, 0.3) is 110 Å². The molecule has 0 radical (unpaired) electrons. The molecular formula is C72H60N4O6. The van der Waals surface area contributed by atoms with Crippen LogP contribution in [0.4, 0.5) is 22.7 Å². The number of benzene rings is 12. The first-order valence-corrected chi connectivity index (χ1v) is 27.7. The molecule has 0 aromatic heterocycles. The highest BCUT2D eigenvalue weighted by molar-refractivity contribution is 6.12. The van der Waals surface area contributed by atoms with Gasteiger partial charge in [0.1, 0.15) is 49.4 Å². The second-order valence-electron chi connectivity index (χ2n) is 20.6. The van der Waals surface area contributed by atoms with E-state index in [1.807, 2.05) is 48.5 Å². The van der Waals surface area contributed by atoms with E-state index in [0.29, 0.717) is 49.4 Å². The Hall–Kier alpha value is -10.0. The zero-order valence-corrected chi connectivity index (χ0v) is 45.2. The van der Waals surface area contributed by atoms with Crippen LogP contribution in [0.2, 0.25) is 0 Å². The van der Waals surface area contributed by atoms with Crippen molar-refractivity contribution >= 4 is 65.8 Å². The van der Waals surface area contributed by atoms with E-state index in [9.17, 15) is 0 Å². The highest BCUT2D eigenvalue weighted by Crippen LogP contribution is 2.49. The molecule has 0 bridgehead atoms. The Bertz CT molecular complexity index is 3760. The molecule has 82 heavy (non-hydrogen) atoms. The quantitative estimate of drug-likeness (QED) is 0.125. The topological polar surface area (TPSA) is 159 Å². The zero-order chi connectivity index (χ0) is 55.5. The van der Waals surface area contributed by atoms with Gasteiger partial charge in [-0.15, -0.1) is 0 Å². The summed E-state index contributed by atoms with van der Waals surface area (Å²) in [5.41, 5.74) is 39.5. The van der Waals surface area contributed by atoms with E-state index >= 15 is 0 Å². The molecule has 10 nitrogen and oxygen atoms in total. The summed E-state index contributed by atoms with van der Waals surface area (Å²) < 4.78 is 40.0. The molecule has 12 aromatic rings. The fourth-order valence-electron chi connectivity index (χ4n) is 11.2. The lowest BCUT2D eigenvalue weighted by Gasteiger charge is -2.21. The van der Waals surface area contributed by atoms with Crippen molar-refractivity contribution in [3.05, 3.63) is 218 Å². The molecule has 0 saturated heterocycles. The zero-order valence-electron chi connectivity index (χ0n) is 45.2. The SMILES string of the molecule is Nc1ccc(-c2ccc3c4c(ccc3c2)OCCOCCOc2ccc3cc(-c5ccc(N)cc5)ccc3c2-c2c(ccc3cc(-c5ccc(N)cc5)ccc23)OCCOCCOc2ccc3cc(-c5ccc(N)cc5)ccc3c2-4)cc1. The summed E-state index contributed by atoms with van der Waals surface area (Å²) in [6.45, 7) is 2.38. The fraction of sp³-hybridized carbons (Fsp3) is 0.111. The minimum atomic E-state index is 0.282. The van der Waals surface area contributed by atoms with Gasteiger partial charge in [-0.3, -0.25) is 0 Å². The summed E-state index contributed by atoms with van der Waals surface area (Å²) >= 11 is 0. The van der Waals surface area contributed by atoms with Crippen molar-refractivity contribution in [2.24, 2.45) is 0 Å². The predicted molar refractivity (Wildman–Crippen MR) is 337 cm³/mol. The van der Waals surface area contributed by atoms with Crippen LogP contribution in [0.1, 0.15) is 0 Å². The first-order chi connectivity index (χ1) is 40.3. The van der Waals surface area contributed by atoms with E-state index in [0.717, 1.165) is 133 Å². The Labute approximate surface area is 476 Å². The largest absolute Gasteiger partial charge is 0.491 e. The smallest absolute Gasteiger partial charge is 0.128 e. The predicted octanol–water partition coefficient (Wildman–Crippen LogP) is 15.9. The Morgan fingerprint density at radius 2 is 0.415 bits per heavy atom. The minimum absolute atomic E-state index is 0.282. The van der Waals surface area contributed by atoms with Gasteiger partial charge in [0.15, 0.2) is 0 Å². The molecule has 13 rings (SSSR count). The number of fused-ring (bicyclic) bond motifs is 14. The van der Waals surface area contributed by atoms with Crippen LogP contribution >= 0.6 is 0 Å². The van der Waals surface area contributed by atoms with Crippen LogP contribution in [0.3, 0.4) is 0 Å². The van der Waals surface area contributed by atoms with Gasteiger partial charge in [0, 0.05) is 45.0 Å². The molecule has 1 aliphatic rings.